The first-order valence-electron chi connectivity index (χ1n) is 6.81. The zero-order valence-corrected chi connectivity index (χ0v) is 11.7. The fourth-order valence-electron chi connectivity index (χ4n) is 2.27. The topological polar surface area (TPSA) is 59.0 Å². The third kappa shape index (κ3) is 4.80. The number of piperidine rings is 1. The number of benzene rings is 1. The lowest BCUT2D eigenvalue weighted by Gasteiger charge is -2.33. The highest BCUT2D eigenvalue weighted by Gasteiger charge is 2.31. The van der Waals surface area contributed by atoms with Crippen molar-refractivity contribution in [1.29, 1.82) is 0 Å². The van der Waals surface area contributed by atoms with Crippen molar-refractivity contribution in [1.82, 2.24) is 4.90 Å². The summed E-state index contributed by atoms with van der Waals surface area (Å²) in [6, 6.07) is 5.30. The molecule has 1 aromatic rings. The molecule has 1 heterocycles. The van der Waals surface area contributed by atoms with Gasteiger partial charge < -0.3 is 14.6 Å². The maximum Gasteiger partial charge on any atom is 0.573 e. The first-order valence-corrected chi connectivity index (χ1v) is 6.81. The maximum absolute atomic E-state index is 12.0. The molecule has 2 rings (SSSR count). The number of nitrogens with zero attached hydrogens (tertiary/aromatic N) is 1. The Bertz CT molecular complexity index is 504. The molecule has 1 amide bonds. The number of hydrogen-bond acceptors (Lipinski definition) is 3. The highest BCUT2D eigenvalue weighted by atomic mass is 19.4. The van der Waals surface area contributed by atoms with Gasteiger partial charge in [0.05, 0.1) is 6.61 Å². The molecule has 1 fully saturated rings. The zero-order chi connectivity index (χ0) is 16.2. The van der Waals surface area contributed by atoms with Gasteiger partial charge in [-0.3, -0.25) is 4.90 Å². The van der Waals surface area contributed by atoms with Crippen molar-refractivity contribution in [2.45, 2.75) is 38.5 Å². The van der Waals surface area contributed by atoms with Crippen LogP contribution in [0.4, 0.5) is 18.0 Å². The highest BCUT2D eigenvalue weighted by Crippen LogP contribution is 2.24. The normalized spacial score (nSPS) is 19.0. The molecular formula is C14H16F3NO4. The number of halogens is 3. The van der Waals surface area contributed by atoms with Gasteiger partial charge in [0, 0.05) is 6.54 Å². The molecule has 0 spiro atoms. The van der Waals surface area contributed by atoms with Gasteiger partial charge in [-0.1, -0.05) is 12.1 Å². The Morgan fingerprint density at radius 1 is 1.27 bits per heavy atom. The molecule has 122 valence electrons. The number of rotatable bonds is 4. The van der Waals surface area contributed by atoms with Crippen LogP contribution in [0.3, 0.4) is 0 Å². The van der Waals surface area contributed by atoms with Crippen molar-refractivity contribution in [3.63, 3.8) is 0 Å². The van der Waals surface area contributed by atoms with E-state index >= 15 is 0 Å². The molecule has 0 aromatic heterocycles. The number of amides is 1. The second-order valence-corrected chi connectivity index (χ2v) is 4.93. The van der Waals surface area contributed by atoms with E-state index in [2.05, 4.69) is 4.74 Å². The van der Waals surface area contributed by atoms with E-state index in [9.17, 15) is 18.0 Å². The lowest BCUT2D eigenvalue weighted by atomic mass is 10.1. The van der Waals surface area contributed by atoms with Crippen LogP contribution >= 0.6 is 0 Å². The molecule has 1 aromatic carbocycles. The lowest BCUT2D eigenvalue weighted by molar-refractivity contribution is -0.274. The van der Waals surface area contributed by atoms with Crippen LogP contribution in [0.2, 0.25) is 0 Å². The van der Waals surface area contributed by atoms with E-state index in [1.165, 1.54) is 29.2 Å². The van der Waals surface area contributed by atoms with E-state index in [4.69, 9.17) is 9.84 Å². The fraction of sp³-hybridized carbons (Fsp3) is 0.500. The van der Waals surface area contributed by atoms with Crippen molar-refractivity contribution in [2.24, 2.45) is 0 Å². The maximum atomic E-state index is 12.0. The van der Waals surface area contributed by atoms with Crippen LogP contribution in [0.15, 0.2) is 24.3 Å². The summed E-state index contributed by atoms with van der Waals surface area (Å²) in [5, 5.41) is 9.07. The summed E-state index contributed by atoms with van der Waals surface area (Å²) in [7, 11) is 0. The Balaban J connectivity index is 1.89. The fourth-order valence-corrected chi connectivity index (χ4v) is 2.27. The van der Waals surface area contributed by atoms with E-state index in [0.29, 0.717) is 18.5 Å². The van der Waals surface area contributed by atoms with Crippen LogP contribution < -0.4 is 4.74 Å². The van der Waals surface area contributed by atoms with Crippen molar-refractivity contribution in [3.8, 4) is 5.75 Å². The second-order valence-electron chi connectivity index (χ2n) is 4.93. The number of ether oxygens (including phenoxy) is 2. The Morgan fingerprint density at radius 2 is 1.95 bits per heavy atom. The van der Waals surface area contributed by atoms with Crippen LogP contribution in [0.5, 0.6) is 5.75 Å². The first-order chi connectivity index (χ1) is 10.3. The summed E-state index contributed by atoms with van der Waals surface area (Å²) in [5.41, 5.74) is 0.644. The summed E-state index contributed by atoms with van der Waals surface area (Å²) in [6.07, 6.45) is -3.97. The van der Waals surface area contributed by atoms with Gasteiger partial charge in [0.1, 0.15) is 12.0 Å². The van der Waals surface area contributed by atoms with Gasteiger partial charge in [0.15, 0.2) is 0 Å². The van der Waals surface area contributed by atoms with Crippen LogP contribution in [0, 0.1) is 0 Å². The molecule has 22 heavy (non-hydrogen) atoms. The van der Waals surface area contributed by atoms with Gasteiger partial charge in [-0.15, -0.1) is 13.2 Å². The molecule has 0 bridgehead atoms. The van der Waals surface area contributed by atoms with Gasteiger partial charge in [0.25, 0.3) is 0 Å². The number of carboxylic acid groups (broad SMARTS) is 1. The monoisotopic (exact) mass is 319 g/mol. The van der Waals surface area contributed by atoms with Gasteiger partial charge in [0.2, 0.25) is 0 Å². The van der Waals surface area contributed by atoms with Crippen LogP contribution in [-0.2, 0) is 11.3 Å². The highest BCUT2D eigenvalue weighted by molar-refractivity contribution is 5.65. The molecule has 8 heteroatoms. The largest absolute Gasteiger partial charge is 0.573 e. The molecule has 1 aliphatic heterocycles. The van der Waals surface area contributed by atoms with Crippen LogP contribution in [0.25, 0.3) is 0 Å². The Hall–Kier alpha value is -1.96. The molecular weight excluding hydrogens is 303 g/mol. The van der Waals surface area contributed by atoms with Crippen molar-refractivity contribution >= 4 is 6.09 Å². The van der Waals surface area contributed by atoms with Gasteiger partial charge in [-0.2, -0.15) is 0 Å². The molecule has 0 aliphatic carbocycles. The minimum atomic E-state index is -4.72. The van der Waals surface area contributed by atoms with E-state index in [-0.39, 0.29) is 12.4 Å². The average molecular weight is 319 g/mol. The lowest BCUT2D eigenvalue weighted by Crippen LogP contribution is -2.44. The third-order valence-electron chi connectivity index (χ3n) is 3.29. The molecule has 5 nitrogen and oxygen atoms in total. The van der Waals surface area contributed by atoms with Gasteiger partial charge in [-0.25, -0.2) is 4.79 Å². The summed E-state index contributed by atoms with van der Waals surface area (Å²) < 4.78 is 45.5. The molecule has 1 saturated heterocycles. The third-order valence-corrected chi connectivity index (χ3v) is 3.29. The summed E-state index contributed by atoms with van der Waals surface area (Å²) >= 11 is 0. The predicted octanol–water partition coefficient (Wildman–Crippen LogP) is 3.59. The molecule has 0 saturated carbocycles. The summed E-state index contributed by atoms with van der Waals surface area (Å²) in [4.78, 5) is 12.3. The Labute approximate surface area is 125 Å². The molecule has 1 unspecified atom stereocenters. The van der Waals surface area contributed by atoms with Crippen molar-refractivity contribution < 1.29 is 32.5 Å². The van der Waals surface area contributed by atoms with Gasteiger partial charge in [-0.05, 0) is 37.0 Å². The molecule has 1 N–H and O–H groups in total. The first kappa shape index (κ1) is 16.4. The second kappa shape index (κ2) is 6.87. The van der Waals surface area contributed by atoms with Crippen LogP contribution in [0.1, 0.15) is 24.8 Å². The smallest absolute Gasteiger partial charge is 0.465 e. The van der Waals surface area contributed by atoms with Crippen LogP contribution in [-0.4, -0.2) is 35.2 Å². The van der Waals surface area contributed by atoms with Crippen molar-refractivity contribution in [2.75, 3.05) is 6.54 Å². The predicted molar refractivity (Wildman–Crippen MR) is 70.3 cm³/mol. The molecule has 0 radical (unpaired) electrons. The minimum Gasteiger partial charge on any atom is -0.465 e. The molecule has 1 atom stereocenters. The quantitative estimate of drug-likeness (QED) is 0.921. The number of alkyl halides is 3. The summed E-state index contributed by atoms with van der Waals surface area (Å²) in [6.45, 7) is 0.555. The zero-order valence-electron chi connectivity index (χ0n) is 11.7. The van der Waals surface area contributed by atoms with E-state index in [1.807, 2.05) is 0 Å². The van der Waals surface area contributed by atoms with Gasteiger partial charge >= 0.3 is 12.5 Å². The number of likely N-dealkylation sites (tertiary alicyclic amines) is 1. The van der Waals surface area contributed by atoms with E-state index < -0.39 is 18.7 Å². The summed E-state index contributed by atoms with van der Waals surface area (Å²) in [5.74, 6) is -0.305. The number of carbonyl (C=O) groups is 1. The number of hydrogen-bond donors (Lipinski definition) is 1. The van der Waals surface area contributed by atoms with E-state index in [0.717, 1.165) is 12.8 Å². The Morgan fingerprint density at radius 3 is 2.55 bits per heavy atom. The average Bonchev–Trinajstić information content (AvgIpc) is 2.45. The van der Waals surface area contributed by atoms with E-state index in [1.54, 1.807) is 0 Å². The molecule has 1 aliphatic rings. The SMILES string of the molecule is O=C(O)N1CCCCC1OCc1ccc(OC(F)(F)F)cc1. The minimum absolute atomic E-state index is 0.126. The van der Waals surface area contributed by atoms with Crippen molar-refractivity contribution in [3.05, 3.63) is 29.8 Å². The standard InChI is InChI=1S/C14H16F3NO4/c15-14(16,17)22-11-6-4-10(5-7-11)9-21-12-3-1-2-8-18(12)13(19)20/h4-7,12H,1-3,8-9H2,(H,19,20). The Kier molecular flexibility index (Phi) is 5.12.